The largest absolute Gasteiger partial charge is 0.316 e. The van der Waals surface area contributed by atoms with E-state index in [-0.39, 0.29) is 17.3 Å². The Labute approximate surface area is 187 Å². The van der Waals surface area contributed by atoms with Gasteiger partial charge in [-0.2, -0.15) is 0 Å². The molecule has 0 saturated carbocycles. The molecule has 2 aromatic carbocycles. The molecule has 5 nitrogen and oxygen atoms in total. The van der Waals surface area contributed by atoms with Crippen LogP contribution in [0.15, 0.2) is 72.0 Å². The van der Waals surface area contributed by atoms with Crippen LogP contribution in [-0.2, 0) is 16.6 Å². The zero-order chi connectivity index (χ0) is 20.6. The third-order valence-corrected chi connectivity index (χ3v) is 6.82. The van der Waals surface area contributed by atoms with E-state index < -0.39 is 10.0 Å². The molecule has 0 amide bonds. The van der Waals surface area contributed by atoms with Crippen molar-refractivity contribution < 1.29 is 8.42 Å². The van der Waals surface area contributed by atoms with Crippen molar-refractivity contribution in [3.05, 3.63) is 83.3 Å². The van der Waals surface area contributed by atoms with Crippen LogP contribution in [0.4, 0.5) is 0 Å². The number of aromatic nitrogens is 2. The first kappa shape index (κ1) is 22.3. The summed E-state index contributed by atoms with van der Waals surface area (Å²) in [5, 5.41) is 4.61. The Balaban J connectivity index is 0.00000256. The average Bonchev–Trinajstić information content (AvgIpc) is 3.07. The summed E-state index contributed by atoms with van der Waals surface area (Å²) in [4.78, 5) is 4.11. The summed E-state index contributed by atoms with van der Waals surface area (Å²) in [7, 11) is -1.95. The fraction of sp³-hybridized carbons (Fsp3) is 0.136. The highest BCUT2D eigenvalue weighted by Crippen LogP contribution is 2.33. The number of rotatable bonds is 5. The number of hydrogen-bond donors (Lipinski definition) is 1. The molecule has 0 aliphatic heterocycles. The highest BCUT2D eigenvalue weighted by Gasteiger charge is 2.22. The highest BCUT2D eigenvalue weighted by atomic mass is 35.5. The van der Waals surface area contributed by atoms with E-state index in [1.165, 1.54) is 10.2 Å². The lowest BCUT2D eigenvalue weighted by Crippen LogP contribution is -2.12. The van der Waals surface area contributed by atoms with E-state index in [0.717, 1.165) is 27.6 Å². The van der Waals surface area contributed by atoms with E-state index in [0.29, 0.717) is 17.1 Å². The summed E-state index contributed by atoms with van der Waals surface area (Å²) in [6, 6.07) is 14.8. The first-order valence-electron chi connectivity index (χ1n) is 9.12. The number of hydrogen-bond acceptors (Lipinski definition) is 4. The Morgan fingerprint density at radius 3 is 2.60 bits per heavy atom. The van der Waals surface area contributed by atoms with Crippen molar-refractivity contribution in [3.63, 3.8) is 0 Å². The van der Waals surface area contributed by atoms with Crippen LogP contribution in [0, 0.1) is 6.92 Å². The number of benzene rings is 2. The molecule has 4 rings (SSSR count). The molecule has 0 fully saturated rings. The van der Waals surface area contributed by atoms with Crippen LogP contribution in [0.3, 0.4) is 0 Å². The van der Waals surface area contributed by atoms with Crippen molar-refractivity contribution in [3.8, 4) is 11.1 Å². The van der Waals surface area contributed by atoms with Gasteiger partial charge in [0.15, 0.2) is 0 Å². The van der Waals surface area contributed by atoms with Crippen LogP contribution >= 0.6 is 24.0 Å². The van der Waals surface area contributed by atoms with E-state index >= 15 is 0 Å². The molecular formula is C22H21Cl2N3O2S. The number of pyridine rings is 1. The van der Waals surface area contributed by atoms with Crippen molar-refractivity contribution in [1.29, 1.82) is 0 Å². The number of nitrogens with zero attached hydrogens (tertiary/aromatic N) is 2. The van der Waals surface area contributed by atoms with Crippen LogP contribution in [0.2, 0.25) is 5.02 Å². The number of nitrogens with one attached hydrogen (secondary N) is 1. The van der Waals surface area contributed by atoms with Crippen molar-refractivity contribution in [2.24, 2.45) is 0 Å². The van der Waals surface area contributed by atoms with E-state index in [1.807, 2.05) is 50.4 Å². The minimum atomic E-state index is -3.79. The molecule has 0 saturated heterocycles. The summed E-state index contributed by atoms with van der Waals surface area (Å²) in [5.41, 5.74) is 4.29. The molecule has 0 aliphatic rings. The number of aryl methyl sites for hydroxylation is 1. The van der Waals surface area contributed by atoms with Gasteiger partial charge in [-0.1, -0.05) is 35.9 Å². The normalized spacial score (nSPS) is 11.4. The lowest BCUT2D eigenvalue weighted by molar-refractivity contribution is 0.588. The summed E-state index contributed by atoms with van der Waals surface area (Å²) >= 11 is 6.45. The van der Waals surface area contributed by atoms with E-state index in [4.69, 9.17) is 11.6 Å². The van der Waals surface area contributed by atoms with Gasteiger partial charge in [0.25, 0.3) is 10.0 Å². The van der Waals surface area contributed by atoms with E-state index in [1.54, 1.807) is 24.5 Å². The second kappa shape index (κ2) is 8.78. The Bertz CT molecular complexity index is 1300. The molecule has 4 aromatic rings. The van der Waals surface area contributed by atoms with Gasteiger partial charge in [0.1, 0.15) is 4.90 Å². The predicted octanol–water partition coefficient (Wildman–Crippen LogP) is 5.04. The predicted molar refractivity (Wildman–Crippen MR) is 124 cm³/mol. The molecule has 2 heterocycles. The van der Waals surface area contributed by atoms with Crippen molar-refractivity contribution in [2.75, 3.05) is 7.05 Å². The van der Waals surface area contributed by atoms with Crippen molar-refractivity contribution >= 4 is 44.9 Å². The van der Waals surface area contributed by atoms with Crippen LogP contribution < -0.4 is 5.32 Å². The molecular weight excluding hydrogens is 441 g/mol. The Kier molecular flexibility index (Phi) is 6.53. The minimum absolute atomic E-state index is 0. The van der Waals surface area contributed by atoms with Gasteiger partial charge in [0, 0.05) is 41.1 Å². The molecule has 156 valence electrons. The Hall–Kier alpha value is -2.38. The maximum Gasteiger partial charge on any atom is 0.269 e. The minimum Gasteiger partial charge on any atom is -0.316 e. The van der Waals surface area contributed by atoms with E-state index in [9.17, 15) is 8.42 Å². The van der Waals surface area contributed by atoms with Crippen molar-refractivity contribution in [2.45, 2.75) is 18.4 Å². The third kappa shape index (κ3) is 3.96. The van der Waals surface area contributed by atoms with E-state index in [2.05, 4.69) is 10.3 Å². The lowest BCUT2D eigenvalue weighted by Gasteiger charge is -2.10. The SMILES string of the molecule is CNCc1cn(S(=O)(=O)c2cccnc2)c2cc(-c3ccc(C)cc3Cl)ccc12.Cl. The molecule has 1 N–H and O–H groups in total. The second-order valence-electron chi connectivity index (χ2n) is 6.89. The van der Waals surface area contributed by atoms with Gasteiger partial charge in [-0.15, -0.1) is 12.4 Å². The number of halogens is 2. The summed E-state index contributed by atoms with van der Waals surface area (Å²) in [6.07, 6.45) is 4.58. The topological polar surface area (TPSA) is 64.0 Å². The Morgan fingerprint density at radius 2 is 1.93 bits per heavy atom. The van der Waals surface area contributed by atoms with Crippen LogP contribution in [0.5, 0.6) is 0 Å². The fourth-order valence-electron chi connectivity index (χ4n) is 3.43. The average molecular weight is 462 g/mol. The van der Waals surface area contributed by atoms with Crippen LogP contribution in [0.25, 0.3) is 22.0 Å². The zero-order valence-electron chi connectivity index (χ0n) is 16.5. The lowest BCUT2D eigenvalue weighted by atomic mass is 10.0. The van der Waals surface area contributed by atoms with Gasteiger partial charge in [-0.25, -0.2) is 12.4 Å². The molecule has 0 bridgehead atoms. The maximum absolute atomic E-state index is 13.3. The Morgan fingerprint density at radius 1 is 1.13 bits per heavy atom. The third-order valence-electron chi connectivity index (χ3n) is 4.85. The van der Waals surface area contributed by atoms with Gasteiger partial charge in [0.2, 0.25) is 0 Å². The molecule has 2 aromatic heterocycles. The quantitative estimate of drug-likeness (QED) is 0.451. The zero-order valence-corrected chi connectivity index (χ0v) is 18.9. The molecule has 0 radical (unpaired) electrons. The maximum atomic E-state index is 13.3. The summed E-state index contributed by atoms with van der Waals surface area (Å²) < 4.78 is 27.9. The summed E-state index contributed by atoms with van der Waals surface area (Å²) in [5.74, 6) is 0. The molecule has 0 aliphatic carbocycles. The van der Waals surface area contributed by atoms with Gasteiger partial charge >= 0.3 is 0 Å². The van der Waals surface area contributed by atoms with Crippen molar-refractivity contribution in [1.82, 2.24) is 14.3 Å². The highest BCUT2D eigenvalue weighted by molar-refractivity contribution is 7.90. The number of fused-ring (bicyclic) bond motifs is 1. The fourth-order valence-corrected chi connectivity index (χ4v) is 5.12. The first-order valence-corrected chi connectivity index (χ1v) is 10.9. The standard InChI is InChI=1S/C22H20ClN3O2S.ClH/c1-15-5-7-19(21(23)10-15)16-6-8-20-17(12-24-2)14-26(22(20)11-16)29(27,28)18-4-3-9-25-13-18;/h3-11,13-14,24H,12H2,1-2H3;1H. The molecule has 30 heavy (non-hydrogen) atoms. The molecule has 0 atom stereocenters. The van der Waals surface area contributed by atoms with Crippen LogP contribution in [-0.4, -0.2) is 24.4 Å². The van der Waals surface area contributed by atoms with Gasteiger partial charge in [0.05, 0.1) is 5.52 Å². The van der Waals surface area contributed by atoms with Gasteiger partial charge in [-0.3, -0.25) is 4.98 Å². The summed E-state index contributed by atoms with van der Waals surface area (Å²) in [6.45, 7) is 2.53. The monoisotopic (exact) mass is 461 g/mol. The van der Waals surface area contributed by atoms with Gasteiger partial charge in [-0.05, 0) is 54.9 Å². The smallest absolute Gasteiger partial charge is 0.269 e. The van der Waals surface area contributed by atoms with Gasteiger partial charge < -0.3 is 5.32 Å². The second-order valence-corrected chi connectivity index (χ2v) is 9.11. The van der Waals surface area contributed by atoms with Crippen LogP contribution in [0.1, 0.15) is 11.1 Å². The first-order chi connectivity index (χ1) is 13.9. The molecule has 0 spiro atoms. The molecule has 8 heteroatoms. The molecule has 0 unspecified atom stereocenters.